The first-order valence-electron chi connectivity index (χ1n) is 7.39. The van der Waals surface area contributed by atoms with Crippen molar-refractivity contribution in [3.63, 3.8) is 0 Å². The standard InChI is InChI=1S/C16H24ClNOS/c1-2-9-18-16(12-19)8-7-15(10-16)20-11-13-3-5-14(17)6-4-13/h3-6,15,18-19H,2,7-12H2,1H3. The van der Waals surface area contributed by atoms with Crippen LogP contribution in [0.3, 0.4) is 0 Å². The minimum Gasteiger partial charge on any atom is -0.394 e. The van der Waals surface area contributed by atoms with Crippen LogP contribution in [-0.4, -0.2) is 29.0 Å². The second kappa shape index (κ2) is 7.69. The molecule has 1 fully saturated rings. The highest BCUT2D eigenvalue weighted by atomic mass is 35.5. The van der Waals surface area contributed by atoms with Gasteiger partial charge in [0.25, 0.3) is 0 Å². The second-order valence-corrected chi connectivity index (χ2v) is 7.39. The van der Waals surface area contributed by atoms with Gasteiger partial charge in [-0.25, -0.2) is 0 Å². The molecule has 0 radical (unpaired) electrons. The van der Waals surface area contributed by atoms with Crippen molar-refractivity contribution in [3.05, 3.63) is 34.9 Å². The van der Waals surface area contributed by atoms with Crippen LogP contribution in [0.2, 0.25) is 5.02 Å². The van der Waals surface area contributed by atoms with Gasteiger partial charge in [-0.3, -0.25) is 0 Å². The van der Waals surface area contributed by atoms with Crippen LogP contribution < -0.4 is 5.32 Å². The number of hydrogen-bond acceptors (Lipinski definition) is 3. The van der Waals surface area contributed by atoms with Gasteiger partial charge in [-0.15, -0.1) is 0 Å². The fraction of sp³-hybridized carbons (Fsp3) is 0.625. The van der Waals surface area contributed by atoms with Crippen LogP contribution in [0.15, 0.2) is 24.3 Å². The van der Waals surface area contributed by atoms with Gasteiger partial charge in [0.15, 0.2) is 0 Å². The Hall–Kier alpha value is -0.220. The summed E-state index contributed by atoms with van der Waals surface area (Å²) >= 11 is 7.90. The maximum Gasteiger partial charge on any atom is 0.0613 e. The Bertz CT molecular complexity index is 411. The molecule has 2 unspecified atom stereocenters. The predicted molar refractivity (Wildman–Crippen MR) is 88.5 cm³/mol. The number of nitrogens with one attached hydrogen (secondary N) is 1. The van der Waals surface area contributed by atoms with Gasteiger partial charge in [0.1, 0.15) is 0 Å². The van der Waals surface area contributed by atoms with Gasteiger partial charge < -0.3 is 10.4 Å². The van der Waals surface area contributed by atoms with E-state index in [2.05, 4.69) is 24.4 Å². The number of rotatable bonds is 7. The molecule has 20 heavy (non-hydrogen) atoms. The van der Waals surface area contributed by atoms with Crippen molar-refractivity contribution in [2.75, 3.05) is 13.2 Å². The van der Waals surface area contributed by atoms with Crippen molar-refractivity contribution in [3.8, 4) is 0 Å². The van der Waals surface area contributed by atoms with Crippen LogP contribution in [-0.2, 0) is 5.75 Å². The van der Waals surface area contributed by atoms with Crippen LogP contribution in [0, 0.1) is 0 Å². The molecule has 0 spiro atoms. The van der Waals surface area contributed by atoms with Crippen LogP contribution in [0.5, 0.6) is 0 Å². The van der Waals surface area contributed by atoms with E-state index in [1.165, 1.54) is 12.0 Å². The third kappa shape index (κ3) is 4.39. The van der Waals surface area contributed by atoms with E-state index in [9.17, 15) is 5.11 Å². The second-order valence-electron chi connectivity index (χ2n) is 5.67. The molecule has 0 amide bonds. The zero-order valence-corrected chi connectivity index (χ0v) is 13.6. The lowest BCUT2D eigenvalue weighted by molar-refractivity contribution is 0.165. The van der Waals surface area contributed by atoms with Gasteiger partial charge >= 0.3 is 0 Å². The Morgan fingerprint density at radius 2 is 2.15 bits per heavy atom. The normalized spacial score (nSPS) is 26.1. The lowest BCUT2D eigenvalue weighted by atomic mass is 9.99. The summed E-state index contributed by atoms with van der Waals surface area (Å²) in [5, 5.41) is 14.7. The molecule has 0 bridgehead atoms. The molecule has 1 aromatic carbocycles. The van der Waals surface area contributed by atoms with Crippen LogP contribution in [0.4, 0.5) is 0 Å². The number of aliphatic hydroxyl groups is 1. The lowest BCUT2D eigenvalue weighted by Gasteiger charge is -2.28. The molecule has 4 heteroatoms. The number of halogens is 1. The summed E-state index contributed by atoms with van der Waals surface area (Å²) in [4.78, 5) is 0. The molecule has 1 aliphatic carbocycles. The van der Waals surface area contributed by atoms with Crippen molar-refractivity contribution in [2.45, 2.75) is 49.1 Å². The highest BCUT2D eigenvalue weighted by molar-refractivity contribution is 7.99. The summed E-state index contributed by atoms with van der Waals surface area (Å²) in [5.41, 5.74) is 1.29. The van der Waals surface area contributed by atoms with Gasteiger partial charge in [-0.05, 0) is 49.9 Å². The molecular formula is C16H24ClNOS. The Morgan fingerprint density at radius 3 is 2.80 bits per heavy atom. The van der Waals surface area contributed by atoms with Gasteiger partial charge in [0, 0.05) is 21.6 Å². The number of hydrogen-bond donors (Lipinski definition) is 2. The molecule has 0 heterocycles. The third-order valence-corrected chi connectivity index (χ3v) is 5.64. The van der Waals surface area contributed by atoms with Crippen molar-refractivity contribution in [1.29, 1.82) is 0 Å². The highest BCUT2D eigenvalue weighted by Crippen LogP contribution is 2.38. The van der Waals surface area contributed by atoms with E-state index in [1.54, 1.807) is 0 Å². The van der Waals surface area contributed by atoms with Gasteiger partial charge in [0.05, 0.1) is 6.61 Å². The quantitative estimate of drug-likeness (QED) is 0.802. The molecule has 2 rings (SSSR count). The predicted octanol–water partition coefficient (Wildman–Crippen LogP) is 3.86. The van der Waals surface area contributed by atoms with Crippen molar-refractivity contribution >= 4 is 23.4 Å². The molecule has 0 saturated heterocycles. The van der Waals surface area contributed by atoms with E-state index < -0.39 is 0 Å². The average molecular weight is 314 g/mol. The van der Waals surface area contributed by atoms with Gasteiger partial charge in [-0.1, -0.05) is 30.7 Å². The molecule has 1 aliphatic rings. The first-order chi connectivity index (χ1) is 9.67. The van der Waals surface area contributed by atoms with E-state index in [0.717, 1.165) is 36.6 Å². The summed E-state index contributed by atoms with van der Waals surface area (Å²) in [6, 6.07) is 8.09. The molecule has 0 aromatic heterocycles. The maximum atomic E-state index is 9.69. The van der Waals surface area contributed by atoms with E-state index in [0.29, 0.717) is 5.25 Å². The fourth-order valence-corrected chi connectivity index (χ4v) is 4.23. The summed E-state index contributed by atoms with van der Waals surface area (Å²) in [6.07, 6.45) is 4.46. The number of aliphatic hydroxyl groups excluding tert-OH is 1. The molecule has 2 atom stereocenters. The molecule has 2 nitrogen and oxygen atoms in total. The summed E-state index contributed by atoms with van der Waals surface area (Å²) < 4.78 is 0. The fourth-order valence-electron chi connectivity index (χ4n) is 2.76. The Kier molecular flexibility index (Phi) is 6.21. The van der Waals surface area contributed by atoms with E-state index >= 15 is 0 Å². The van der Waals surface area contributed by atoms with Crippen molar-refractivity contribution in [1.82, 2.24) is 5.32 Å². The van der Waals surface area contributed by atoms with E-state index in [-0.39, 0.29) is 12.1 Å². The van der Waals surface area contributed by atoms with Gasteiger partial charge in [0.2, 0.25) is 0 Å². The summed E-state index contributed by atoms with van der Waals surface area (Å²) in [6.45, 7) is 3.42. The van der Waals surface area contributed by atoms with Crippen LogP contribution in [0.1, 0.15) is 38.2 Å². The van der Waals surface area contributed by atoms with Crippen molar-refractivity contribution < 1.29 is 5.11 Å². The average Bonchev–Trinajstić information content (AvgIpc) is 2.89. The monoisotopic (exact) mass is 313 g/mol. The smallest absolute Gasteiger partial charge is 0.0613 e. The third-order valence-electron chi connectivity index (χ3n) is 4.01. The maximum absolute atomic E-state index is 9.69. The molecule has 112 valence electrons. The van der Waals surface area contributed by atoms with Crippen LogP contribution >= 0.6 is 23.4 Å². The van der Waals surface area contributed by atoms with Crippen LogP contribution in [0.25, 0.3) is 0 Å². The molecule has 2 N–H and O–H groups in total. The first-order valence-corrected chi connectivity index (χ1v) is 8.82. The zero-order valence-electron chi connectivity index (χ0n) is 12.1. The SMILES string of the molecule is CCCNC1(CO)CCC(SCc2ccc(Cl)cc2)C1. The first kappa shape index (κ1) is 16.2. The Balaban J connectivity index is 1.81. The topological polar surface area (TPSA) is 32.3 Å². The number of benzene rings is 1. The zero-order chi connectivity index (χ0) is 14.4. The Labute approximate surface area is 131 Å². The molecule has 0 aliphatic heterocycles. The van der Waals surface area contributed by atoms with Crippen molar-refractivity contribution in [2.24, 2.45) is 0 Å². The summed E-state index contributed by atoms with van der Waals surface area (Å²) in [5.74, 6) is 1.02. The Morgan fingerprint density at radius 1 is 1.40 bits per heavy atom. The minimum absolute atomic E-state index is 0.0341. The lowest BCUT2D eigenvalue weighted by Crippen LogP contribution is -2.46. The molecular weight excluding hydrogens is 290 g/mol. The molecule has 1 saturated carbocycles. The number of thioether (sulfide) groups is 1. The largest absolute Gasteiger partial charge is 0.394 e. The highest BCUT2D eigenvalue weighted by Gasteiger charge is 2.38. The van der Waals surface area contributed by atoms with E-state index in [4.69, 9.17) is 11.6 Å². The minimum atomic E-state index is -0.0341. The van der Waals surface area contributed by atoms with Gasteiger partial charge in [-0.2, -0.15) is 11.8 Å². The summed E-state index contributed by atoms with van der Waals surface area (Å²) in [7, 11) is 0. The van der Waals surface area contributed by atoms with E-state index in [1.807, 2.05) is 23.9 Å². The molecule has 1 aromatic rings.